The van der Waals surface area contributed by atoms with Gasteiger partial charge in [-0.05, 0) is 31.6 Å². The van der Waals surface area contributed by atoms with Gasteiger partial charge >= 0.3 is 0 Å². The molecule has 0 heterocycles. The molecule has 0 aromatic carbocycles. The predicted molar refractivity (Wildman–Crippen MR) is 56.6 cm³/mol. The molecule has 2 atom stereocenters. The number of hydrogen-bond acceptors (Lipinski definition) is 1. The van der Waals surface area contributed by atoms with Crippen LogP contribution >= 0.6 is 0 Å². The van der Waals surface area contributed by atoms with Gasteiger partial charge < -0.3 is 5.11 Å². The zero-order valence-corrected chi connectivity index (χ0v) is 8.92. The maximum atomic E-state index is 9.86. The Bertz CT molecular complexity index is 172. The van der Waals surface area contributed by atoms with Crippen molar-refractivity contribution in [2.45, 2.75) is 58.5 Å². The van der Waals surface area contributed by atoms with E-state index < -0.39 is 0 Å². The maximum Gasteiger partial charge on any atom is 0.0608 e. The lowest BCUT2D eigenvalue weighted by Gasteiger charge is -2.27. The van der Waals surface area contributed by atoms with Gasteiger partial charge in [0.05, 0.1) is 6.10 Å². The van der Waals surface area contributed by atoms with Crippen molar-refractivity contribution >= 4 is 0 Å². The monoisotopic (exact) mass is 182 g/mol. The van der Waals surface area contributed by atoms with E-state index in [1.54, 1.807) is 0 Å². The van der Waals surface area contributed by atoms with E-state index in [4.69, 9.17) is 0 Å². The Morgan fingerprint density at radius 2 is 2.15 bits per heavy atom. The largest absolute Gasteiger partial charge is 0.392 e. The summed E-state index contributed by atoms with van der Waals surface area (Å²) in [6.07, 6.45) is 9.08. The molecule has 0 radical (unpaired) electrons. The van der Waals surface area contributed by atoms with Gasteiger partial charge in [0.1, 0.15) is 0 Å². The van der Waals surface area contributed by atoms with Crippen LogP contribution in [0.4, 0.5) is 0 Å². The molecule has 0 saturated heterocycles. The number of rotatable bonds is 4. The second-order valence-corrected chi connectivity index (χ2v) is 4.17. The van der Waals surface area contributed by atoms with Crippen molar-refractivity contribution < 1.29 is 5.11 Å². The van der Waals surface area contributed by atoms with Gasteiger partial charge in [-0.25, -0.2) is 0 Å². The quantitative estimate of drug-likeness (QED) is 0.661. The van der Waals surface area contributed by atoms with E-state index in [0.717, 1.165) is 12.8 Å². The van der Waals surface area contributed by atoms with E-state index in [2.05, 4.69) is 19.9 Å². The molecule has 1 aliphatic carbocycles. The molecule has 0 amide bonds. The standard InChI is InChI=1S/C12H22O/c1-3-5-10-7-8-11(6-4-2)12(13)9-10/h7,11-13H,3-6,8-9H2,1-2H3. The summed E-state index contributed by atoms with van der Waals surface area (Å²) >= 11 is 0. The van der Waals surface area contributed by atoms with Crippen LogP contribution in [-0.2, 0) is 0 Å². The third kappa shape index (κ3) is 3.15. The molecule has 0 spiro atoms. The van der Waals surface area contributed by atoms with Crippen LogP contribution in [0.25, 0.3) is 0 Å². The first-order valence-corrected chi connectivity index (χ1v) is 5.63. The van der Waals surface area contributed by atoms with E-state index in [1.807, 2.05) is 0 Å². The second kappa shape index (κ2) is 5.43. The molecule has 0 aliphatic heterocycles. The highest BCUT2D eigenvalue weighted by Crippen LogP contribution is 2.29. The molecule has 0 fully saturated rings. The molecule has 0 aromatic heterocycles. The van der Waals surface area contributed by atoms with Crippen LogP contribution in [0.2, 0.25) is 0 Å². The Hall–Kier alpha value is -0.300. The van der Waals surface area contributed by atoms with Crippen molar-refractivity contribution in [2.75, 3.05) is 0 Å². The summed E-state index contributed by atoms with van der Waals surface area (Å²) in [6, 6.07) is 0. The summed E-state index contributed by atoms with van der Waals surface area (Å²) in [6.45, 7) is 4.39. The van der Waals surface area contributed by atoms with E-state index in [-0.39, 0.29) is 6.10 Å². The minimum Gasteiger partial charge on any atom is -0.392 e. The van der Waals surface area contributed by atoms with Gasteiger partial charge in [-0.3, -0.25) is 0 Å². The van der Waals surface area contributed by atoms with Gasteiger partial charge in [0.2, 0.25) is 0 Å². The fourth-order valence-electron chi connectivity index (χ4n) is 2.20. The molecule has 0 aromatic rings. The van der Waals surface area contributed by atoms with Crippen LogP contribution in [0, 0.1) is 5.92 Å². The Balaban J connectivity index is 2.42. The fraction of sp³-hybridized carbons (Fsp3) is 0.833. The summed E-state index contributed by atoms with van der Waals surface area (Å²) in [5.74, 6) is 0.533. The van der Waals surface area contributed by atoms with Gasteiger partial charge in [-0.1, -0.05) is 38.3 Å². The summed E-state index contributed by atoms with van der Waals surface area (Å²) in [4.78, 5) is 0. The molecular formula is C12H22O. The maximum absolute atomic E-state index is 9.86. The van der Waals surface area contributed by atoms with Crippen LogP contribution < -0.4 is 0 Å². The third-order valence-corrected chi connectivity index (χ3v) is 2.96. The Morgan fingerprint density at radius 1 is 1.38 bits per heavy atom. The van der Waals surface area contributed by atoms with Crippen LogP contribution in [0.1, 0.15) is 52.4 Å². The molecule has 1 aliphatic rings. The number of hydrogen-bond donors (Lipinski definition) is 1. The summed E-state index contributed by atoms with van der Waals surface area (Å²) in [7, 11) is 0. The Morgan fingerprint density at radius 3 is 2.69 bits per heavy atom. The zero-order chi connectivity index (χ0) is 9.68. The summed E-state index contributed by atoms with van der Waals surface area (Å²) < 4.78 is 0. The summed E-state index contributed by atoms with van der Waals surface area (Å²) in [5, 5.41) is 9.86. The van der Waals surface area contributed by atoms with Crippen LogP contribution in [0.5, 0.6) is 0 Å². The average molecular weight is 182 g/mol. The van der Waals surface area contributed by atoms with Crippen LogP contribution in [-0.4, -0.2) is 11.2 Å². The van der Waals surface area contributed by atoms with Gasteiger partial charge in [-0.15, -0.1) is 0 Å². The first kappa shape index (κ1) is 10.8. The molecule has 76 valence electrons. The Kier molecular flexibility index (Phi) is 4.51. The fourth-order valence-corrected chi connectivity index (χ4v) is 2.20. The smallest absolute Gasteiger partial charge is 0.0608 e. The second-order valence-electron chi connectivity index (χ2n) is 4.17. The molecule has 2 unspecified atom stereocenters. The number of aliphatic hydroxyl groups excluding tert-OH is 1. The molecule has 1 nitrogen and oxygen atoms in total. The van der Waals surface area contributed by atoms with Gasteiger partial charge in [0, 0.05) is 0 Å². The van der Waals surface area contributed by atoms with E-state index in [1.165, 1.54) is 31.3 Å². The lowest BCUT2D eigenvalue weighted by Crippen LogP contribution is -2.23. The molecule has 1 rings (SSSR count). The number of allylic oxidation sites excluding steroid dienone is 1. The lowest BCUT2D eigenvalue weighted by molar-refractivity contribution is 0.0958. The van der Waals surface area contributed by atoms with Crippen LogP contribution in [0.15, 0.2) is 11.6 Å². The topological polar surface area (TPSA) is 20.2 Å². The highest BCUT2D eigenvalue weighted by molar-refractivity contribution is 5.08. The molecule has 0 saturated carbocycles. The molecule has 0 bridgehead atoms. The van der Waals surface area contributed by atoms with Gasteiger partial charge in [-0.2, -0.15) is 0 Å². The third-order valence-electron chi connectivity index (χ3n) is 2.96. The van der Waals surface area contributed by atoms with Crippen molar-refractivity contribution in [3.63, 3.8) is 0 Å². The molecular weight excluding hydrogens is 160 g/mol. The van der Waals surface area contributed by atoms with Crippen molar-refractivity contribution in [1.29, 1.82) is 0 Å². The highest BCUT2D eigenvalue weighted by atomic mass is 16.3. The molecule has 1 heteroatoms. The zero-order valence-electron chi connectivity index (χ0n) is 8.92. The average Bonchev–Trinajstić information content (AvgIpc) is 2.10. The normalized spacial score (nSPS) is 28.7. The van der Waals surface area contributed by atoms with Gasteiger partial charge in [0.15, 0.2) is 0 Å². The SMILES string of the molecule is CCCC1=CCC(CCC)C(O)C1. The lowest BCUT2D eigenvalue weighted by atomic mass is 9.83. The molecule has 13 heavy (non-hydrogen) atoms. The Labute approximate surface area is 81.9 Å². The van der Waals surface area contributed by atoms with Crippen LogP contribution in [0.3, 0.4) is 0 Å². The van der Waals surface area contributed by atoms with E-state index in [9.17, 15) is 5.11 Å². The highest BCUT2D eigenvalue weighted by Gasteiger charge is 2.22. The number of aliphatic hydroxyl groups is 1. The van der Waals surface area contributed by atoms with Crippen molar-refractivity contribution in [2.24, 2.45) is 5.92 Å². The van der Waals surface area contributed by atoms with E-state index in [0.29, 0.717) is 5.92 Å². The predicted octanol–water partition coefficient (Wildman–Crippen LogP) is 3.28. The first-order chi connectivity index (χ1) is 6.27. The van der Waals surface area contributed by atoms with Crippen molar-refractivity contribution in [1.82, 2.24) is 0 Å². The van der Waals surface area contributed by atoms with Crippen molar-refractivity contribution in [3.8, 4) is 0 Å². The van der Waals surface area contributed by atoms with Crippen molar-refractivity contribution in [3.05, 3.63) is 11.6 Å². The minimum absolute atomic E-state index is 0.0634. The minimum atomic E-state index is -0.0634. The molecule has 1 N–H and O–H groups in total. The summed E-state index contributed by atoms with van der Waals surface area (Å²) in [5.41, 5.74) is 1.47. The van der Waals surface area contributed by atoms with Gasteiger partial charge in [0.25, 0.3) is 0 Å². The first-order valence-electron chi connectivity index (χ1n) is 5.63. The van der Waals surface area contributed by atoms with E-state index >= 15 is 0 Å².